The second kappa shape index (κ2) is 6.32. The molecular formula is C18H15FN6. The van der Waals surface area contributed by atoms with E-state index in [0.717, 1.165) is 35.9 Å². The third-order valence-corrected chi connectivity index (χ3v) is 4.29. The maximum absolute atomic E-state index is 13.1. The minimum atomic E-state index is -0.270. The molecule has 0 saturated heterocycles. The van der Waals surface area contributed by atoms with Gasteiger partial charge in [0.1, 0.15) is 23.5 Å². The number of benzene rings is 1. The highest BCUT2D eigenvalue weighted by molar-refractivity contribution is 5.55. The van der Waals surface area contributed by atoms with Crippen LogP contribution in [0.5, 0.6) is 0 Å². The largest absolute Gasteiger partial charge is 0.366 e. The zero-order valence-corrected chi connectivity index (χ0v) is 13.4. The molecule has 0 amide bonds. The topological polar surface area (TPSA) is 79.4 Å². The number of hydrogen-bond acceptors (Lipinski definition) is 5. The van der Waals surface area contributed by atoms with Crippen LogP contribution in [0.2, 0.25) is 0 Å². The predicted octanol–water partition coefficient (Wildman–Crippen LogP) is 2.78. The molecule has 0 spiro atoms. The average Bonchev–Trinajstić information content (AvgIpc) is 3.06. The molecule has 0 aliphatic carbocycles. The first kappa shape index (κ1) is 15.3. The molecule has 0 fully saturated rings. The van der Waals surface area contributed by atoms with Gasteiger partial charge in [0, 0.05) is 30.8 Å². The fourth-order valence-corrected chi connectivity index (χ4v) is 3.01. The van der Waals surface area contributed by atoms with Crippen LogP contribution in [0.3, 0.4) is 0 Å². The molecule has 25 heavy (non-hydrogen) atoms. The number of halogens is 1. The predicted molar refractivity (Wildman–Crippen MR) is 90.1 cm³/mol. The lowest BCUT2D eigenvalue weighted by molar-refractivity contribution is 0.478. The third kappa shape index (κ3) is 3.06. The zero-order valence-electron chi connectivity index (χ0n) is 13.4. The van der Waals surface area contributed by atoms with Gasteiger partial charge in [-0.3, -0.25) is 0 Å². The van der Waals surface area contributed by atoms with Crippen LogP contribution in [0.25, 0.3) is 11.4 Å². The van der Waals surface area contributed by atoms with Crippen LogP contribution in [0.4, 0.5) is 10.2 Å². The van der Waals surface area contributed by atoms with Crippen molar-refractivity contribution in [2.75, 3.05) is 5.32 Å². The molecule has 0 bridgehead atoms. The summed E-state index contributed by atoms with van der Waals surface area (Å²) < 4.78 is 15.2. The molecule has 3 heterocycles. The number of pyridine rings is 1. The highest BCUT2D eigenvalue weighted by Gasteiger charge is 2.23. The SMILES string of the molecule is N#Cc1ccc(N[C@H]2CCc3nnc(-c4ccc(F)cc4)n3C2)nc1. The van der Waals surface area contributed by atoms with E-state index in [2.05, 4.69) is 31.1 Å². The summed E-state index contributed by atoms with van der Waals surface area (Å²) in [5.74, 6) is 2.15. The smallest absolute Gasteiger partial charge is 0.164 e. The molecule has 1 N–H and O–H groups in total. The quantitative estimate of drug-likeness (QED) is 0.797. The summed E-state index contributed by atoms with van der Waals surface area (Å²) in [7, 11) is 0. The number of anilines is 1. The third-order valence-electron chi connectivity index (χ3n) is 4.29. The van der Waals surface area contributed by atoms with Gasteiger partial charge in [-0.15, -0.1) is 10.2 Å². The molecular weight excluding hydrogens is 319 g/mol. The molecule has 1 aliphatic rings. The van der Waals surface area contributed by atoms with E-state index >= 15 is 0 Å². The van der Waals surface area contributed by atoms with Crippen molar-refractivity contribution in [2.24, 2.45) is 0 Å². The molecule has 1 aliphatic heterocycles. The summed E-state index contributed by atoms with van der Waals surface area (Å²) in [6.07, 6.45) is 3.28. The van der Waals surface area contributed by atoms with Crippen LogP contribution in [-0.4, -0.2) is 25.8 Å². The number of nitrogens with one attached hydrogen (secondary N) is 1. The number of nitriles is 1. The molecule has 1 aromatic carbocycles. The molecule has 1 atom stereocenters. The Morgan fingerprint density at radius 3 is 2.72 bits per heavy atom. The molecule has 6 nitrogen and oxygen atoms in total. The van der Waals surface area contributed by atoms with E-state index in [9.17, 15) is 4.39 Å². The van der Waals surface area contributed by atoms with Gasteiger partial charge in [0.15, 0.2) is 5.82 Å². The van der Waals surface area contributed by atoms with Gasteiger partial charge < -0.3 is 9.88 Å². The monoisotopic (exact) mass is 334 g/mol. The maximum Gasteiger partial charge on any atom is 0.164 e. The van der Waals surface area contributed by atoms with Gasteiger partial charge in [0.2, 0.25) is 0 Å². The minimum Gasteiger partial charge on any atom is -0.366 e. The van der Waals surface area contributed by atoms with E-state index in [0.29, 0.717) is 12.1 Å². The van der Waals surface area contributed by atoms with Crippen molar-refractivity contribution in [3.05, 3.63) is 59.8 Å². The van der Waals surface area contributed by atoms with E-state index in [1.807, 2.05) is 0 Å². The molecule has 0 radical (unpaired) electrons. The highest BCUT2D eigenvalue weighted by atomic mass is 19.1. The Morgan fingerprint density at radius 2 is 2.00 bits per heavy atom. The first-order valence-corrected chi connectivity index (χ1v) is 8.03. The van der Waals surface area contributed by atoms with Gasteiger partial charge in [0.05, 0.1) is 5.56 Å². The van der Waals surface area contributed by atoms with Crippen molar-refractivity contribution in [1.29, 1.82) is 5.26 Å². The normalized spacial score (nSPS) is 16.1. The van der Waals surface area contributed by atoms with Gasteiger partial charge in [-0.05, 0) is 42.8 Å². The fraction of sp³-hybridized carbons (Fsp3) is 0.222. The van der Waals surface area contributed by atoms with E-state index in [-0.39, 0.29) is 11.9 Å². The Hall–Kier alpha value is -3.27. The van der Waals surface area contributed by atoms with E-state index in [1.165, 1.54) is 12.1 Å². The Bertz CT molecular complexity index is 924. The van der Waals surface area contributed by atoms with Crippen molar-refractivity contribution in [2.45, 2.75) is 25.4 Å². The van der Waals surface area contributed by atoms with Gasteiger partial charge in [0.25, 0.3) is 0 Å². The van der Waals surface area contributed by atoms with Crippen LogP contribution < -0.4 is 5.32 Å². The Balaban J connectivity index is 1.55. The van der Waals surface area contributed by atoms with Crippen LogP contribution in [0.1, 0.15) is 17.8 Å². The summed E-state index contributed by atoms with van der Waals surface area (Å²) in [6, 6.07) is 12.1. The first-order valence-electron chi connectivity index (χ1n) is 8.03. The summed E-state index contributed by atoms with van der Waals surface area (Å²) in [6.45, 7) is 0.705. The number of hydrogen-bond donors (Lipinski definition) is 1. The van der Waals surface area contributed by atoms with Crippen molar-refractivity contribution in [3.63, 3.8) is 0 Å². The molecule has 0 unspecified atom stereocenters. The van der Waals surface area contributed by atoms with Crippen LogP contribution in [-0.2, 0) is 13.0 Å². The van der Waals surface area contributed by atoms with Crippen LogP contribution in [0.15, 0.2) is 42.6 Å². The number of nitrogens with zero attached hydrogens (tertiary/aromatic N) is 5. The summed E-state index contributed by atoms with van der Waals surface area (Å²) in [5.41, 5.74) is 1.38. The first-order chi connectivity index (χ1) is 12.2. The Kier molecular flexibility index (Phi) is 3.86. The molecule has 7 heteroatoms. The lowest BCUT2D eigenvalue weighted by atomic mass is 10.1. The lowest BCUT2D eigenvalue weighted by Gasteiger charge is -2.25. The second-order valence-corrected chi connectivity index (χ2v) is 5.98. The Morgan fingerprint density at radius 1 is 1.16 bits per heavy atom. The zero-order chi connectivity index (χ0) is 17.2. The van der Waals surface area contributed by atoms with Crippen molar-refractivity contribution >= 4 is 5.82 Å². The maximum atomic E-state index is 13.1. The number of fused-ring (bicyclic) bond motifs is 1. The van der Waals surface area contributed by atoms with Crippen LogP contribution in [0, 0.1) is 17.1 Å². The van der Waals surface area contributed by atoms with E-state index in [1.54, 1.807) is 30.5 Å². The van der Waals surface area contributed by atoms with Gasteiger partial charge >= 0.3 is 0 Å². The van der Waals surface area contributed by atoms with Crippen molar-refractivity contribution < 1.29 is 4.39 Å². The number of rotatable bonds is 3. The number of aryl methyl sites for hydroxylation is 1. The molecule has 124 valence electrons. The summed E-state index contributed by atoms with van der Waals surface area (Å²) in [5, 5.41) is 20.8. The number of aromatic nitrogens is 4. The molecule has 4 rings (SSSR count). The van der Waals surface area contributed by atoms with E-state index < -0.39 is 0 Å². The highest BCUT2D eigenvalue weighted by Crippen LogP contribution is 2.24. The summed E-state index contributed by atoms with van der Waals surface area (Å²) >= 11 is 0. The minimum absolute atomic E-state index is 0.183. The molecule has 0 saturated carbocycles. The lowest BCUT2D eigenvalue weighted by Crippen LogP contribution is -2.32. The fourth-order valence-electron chi connectivity index (χ4n) is 3.01. The van der Waals surface area contributed by atoms with Gasteiger partial charge in [-0.1, -0.05) is 0 Å². The van der Waals surface area contributed by atoms with Crippen LogP contribution >= 0.6 is 0 Å². The van der Waals surface area contributed by atoms with Crippen molar-refractivity contribution in [3.8, 4) is 17.5 Å². The molecule has 2 aromatic heterocycles. The molecule has 3 aromatic rings. The van der Waals surface area contributed by atoms with Crippen molar-refractivity contribution in [1.82, 2.24) is 19.7 Å². The van der Waals surface area contributed by atoms with E-state index in [4.69, 9.17) is 5.26 Å². The second-order valence-electron chi connectivity index (χ2n) is 5.98. The average molecular weight is 334 g/mol. The van der Waals surface area contributed by atoms with Gasteiger partial charge in [-0.2, -0.15) is 5.26 Å². The Labute approximate surface area is 144 Å². The standard InChI is InChI=1S/C18H15FN6/c19-14-4-2-13(3-5-14)18-24-23-17-8-6-15(11-25(17)18)22-16-7-1-12(9-20)10-21-16/h1-5,7,10,15H,6,8,11H2,(H,21,22)/t15-/m0/s1. The van der Waals surface area contributed by atoms with Gasteiger partial charge in [-0.25, -0.2) is 9.37 Å². The summed E-state index contributed by atoms with van der Waals surface area (Å²) in [4.78, 5) is 4.26.